The van der Waals surface area contributed by atoms with Gasteiger partial charge in [-0.05, 0) is 69.0 Å². The summed E-state index contributed by atoms with van der Waals surface area (Å²) in [6.07, 6.45) is 2.58. The first kappa shape index (κ1) is 18.3. The van der Waals surface area contributed by atoms with Crippen molar-refractivity contribution in [1.29, 1.82) is 0 Å². The van der Waals surface area contributed by atoms with Crippen LogP contribution in [0.2, 0.25) is 5.02 Å². The van der Waals surface area contributed by atoms with Gasteiger partial charge in [-0.1, -0.05) is 23.7 Å². The Morgan fingerprint density at radius 1 is 1.19 bits per heavy atom. The number of anilines is 2. The number of carbonyl (C=O) groups is 1. The molecule has 0 saturated heterocycles. The molecule has 0 aliphatic carbocycles. The summed E-state index contributed by atoms with van der Waals surface area (Å²) in [5.74, 6) is 0.745. The summed E-state index contributed by atoms with van der Waals surface area (Å²) >= 11 is 5.93. The molecule has 0 fully saturated rings. The van der Waals surface area contributed by atoms with Gasteiger partial charge in [0.05, 0.1) is 5.69 Å². The fourth-order valence-electron chi connectivity index (χ4n) is 2.80. The van der Waals surface area contributed by atoms with Crippen molar-refractivity contribution in [2.45, 2.75) is 6.42 Å². The molecule has 1 heterocycles. The van der Waals surface area contributed by atoms with E-state index in [-0.39, 0.29) is 11.7 Å². The first-order valence-electron chi connectivity index (χ1n) is 8.45. The molecular weight excluding hydrogens is 350 g/mol. The van der Waals surface area contributed by atoms with E-state index in [4.69, 9.17) is 22.1 Å². The standard InChI is InChI=1S/C20H22ClN3O2/c1-23(2)10-3-11-24-17-13-16(22)8-9-18(17)26-19(20(24)25)12-14-4-6-15(21)7-5-14/h4-9,12-13H,3,10-11,22H2,1-2H3/b19-12+. The number of halogens is 1. The van der Waals surface area contributed by atoms with Gasteiger partial charge >= 0.3 is 0 Å². The third-order valence-corrected chi connectivity index (χ3v) is 4.36. The van der Waals surface area contributed by atoms with E-state index in [1.807, 2.05) is 26.2 Å². The quantitative estimate of drug-likeness (QED) is 0.644. The molecule has 3 rings (SSSR count). The van der Waals surface area contributed by atoms with Crippen molar-refractivity contribution in [2.75, 3.05) is 37.8 Å². The molecule has 0 atom stereocenters. The number of nitrogens with zero attached hydrogens (tertiary/aromatic N) is 2. The number of fused-ring (bicyclic) bond motifs is 1. The lowest BCUT2D eigenvalue weighted by molar-refractivity contribution is -0.117. The summed E-state index contributed by atoms with van der Waals surface area (Å²) in [5, 5.41) is 0.647. The number of hydrogen-bond acceptors (Lipinski definition) is 4. The van der Waals surface area contributed by atoms with E-state index in [1.165, 1.54) is 0 Å². The molecule has 26 heavy (non-hydrogen) atoms. The molecule has 2 aromatic carbocycles. The molecule has 1 aliphatic heterocycles. The van der Waals surface area contributed by atoms with Gasteiger partial charge in [0.1, 0.15) is 0 Å². The third kappa shape index (κ3) is 4.18. The van der Waals surface area contributed by atoms with Crippen LogP contribution in [0.3, 0.4) is 0 Å². The average molecular weight is 372 g/mol. The van der Waals surface area contributed by atoms with Gasteiger partial charge in [0.2, 0.25) is 0 Å². The number of nitrogen functional groups attached to an aromatic ring is 1. The number of carbonyl (C=O) groups excluding carboxylic acids is 1. The van der Waals surface area contributed by atoms with Gasteiger partial charge in [-0.2, -0.15) is 0 Å². The Bertz CT molecular complexity index is 831. The highest BCUT2D eigenvalue weighted by atomic mass is 35.5. The van der Waals surface area contributed by atoms with Crippen molar-refractivity contribution in [1.82, 2.24) is 4.90 Å². The molecular formula is C20H22ClN3O2. The summed E-state index contributed by atoms with van der Waals surface area (Å²) in [4.78, 5) is 16.8. The Hall–Kier alpha value is -2.50. The Kier molecular flexibility index (Phi) is 5.49. The van der Waals surface area contributed by atoms with Crippen molar-refractivity contribution in [3.8, 4) is 5.75 Å². The number of amides is 1. The molecule has 0 bridgehead atoms. The Morgan fingerprint density at radius 3 is 2.62 bits per heavy atom. The van der Waals surface area contributed by atoms with E-state index in [0.717, 1.165) is 18.5 Å². The Labute approximate surface area is 158 Å². The lowest BCUT2D eigenvalue weighted by atomic mass is 10.1. The van der Waals surface area contributed by atoms with Crippen molar-refractivity contribution in [3.63, 3.8) is 0 Å². The van der Waals surface area contributed by atoms with Crippen LogP contribution >= 0.6 is 11.6 Å². The number of hydrogen-bond donors (Lipinski definition) is 1. The minimum atomic E-state index is -0.170. The van der Waals surface area contributed by atoms with Gasteiger partial charge in [0.25, 0.3) is 5.91 Å². The van der Waals surface area contributed by atoms with Crippen molar-refractivity contribution in [2.24, 2.45) is 0 Å². The number of rotatable bonds is 5. The first-order chi connectivity index (χ1) is 12.4. The fourth-order valence-corrected chi connectivity index (χ4v) is 2.93. The van der Waals surface area contributed by atoms with Crippen LogP contribution in [-0.4, -0.2) is 38.0 Å². The molecule has 0 saturated carbocycles. The number of nitrogens with two attached hydrogens (primary N) is 1. The molecule has 136 valence electrons. The van der Waals surface area contributed by atoms with Crippen molar-refractivity contribution < 1.29 is 9.53 Å². The molecule has 6 heteroatoms. The summed E-state index contributed by atoms with van der Waals surface area (Å²) in [5.41, 5.74) is 8.07. The second kappa shape index (κ2) is 7.81. The molecule has 0 radical (unpaired) electrons. The predicted octanol–water partition coefficient (Wildman–Crippen LogP) is 3.64. The first-order valence-corrected chi connectivity index (χ1v) is 8.83. The minimum absolute atomic E-state index is 0.170. The topological polar surface area (TPSA) is 58.8 Å². The number of ether oxygens (including phenoxy) is 1. The summed E-state index contributed by atoms with van der Waals surface area (Å²) < 4.78 is 5.86. The van der Waals surface area contributed by atoms with Gasteiger partial charge in [-0.3, -0.25) is 4.79 Å². The largest absolute Gasteiger partial charge is 0.449 e. The van der Waals surface area contributed by atoms with Crippen LogP contribution in [-0.2, 0) is 4.79 Å². The maximum atomic E-state index is 13.0. The molecule has 1 amide bonds. The van der Waals surface area contributed by atoms with Gasteiger partial charge in [-0.15, -0.1) is 0 Å². The van der Waals surface area contributed by atoms with Crippen LogP contribution in [0.4, 0.5) is 11.4 Å². The van der Waals surface area contributed by atoms with Crippen LogP contribution in [0.15, 0.2) is 48.2 Å². The van der Waals surface area contributed by atoms with Crippen molar-refractivity contribution >= 4 is 35.0 Å². The smallest absolute Gasteiger partial charge is 0.294 e. The second-order valence-corrected chi connectivity index (χ2v) is 6.94. The van der Waals surface area contributed by atoms with E-state index >= 15 is 0 Å². The van der Waals surface area contributed by atoms with Gasteiger partial charge in [-0.25, -0.2) is 0 Å². The molecule has 5 nitrogen and oxygen atoms in total. The third-order valence-electron chi connectivity index (χ3n) is 4.10. The lowest BCUT2D eigenvalue weighted by Gasteiger charge is -2.31. The molecule has 0 unspecified atom stereocenters. The van der Waals surface area contributed by atoms with Gasteiger partial charge < -0.3 is 20.3 Å². The Balaban J connectivity index is 1.93. The maximum absolute atomic E-state index is 13.0. The van der Waals surface area contributed by atoms with Crippen LogP contribution < -0.4 is 15.4 Å². The zero-order valence-corrected chi connectivity index (χ0v) is 15.7. The van der Waals surface area contributed by atoms with E-state index in [0.29, 0.717) is 28.7 Å². The highest BCUT2D eigenvalue weighted by Crippen LogP contribution is 2.37. The van der Waals surface area contributed by atoms with Crippen molar-refractivity contribution in [3.05, 3.63) is 58.8 Å². The highest BCUT2D eigenvalue weighted by Gasteiger charge is 2.30. The molecule has 0 spiro atoms. The van der Waals surface area contributed by atoms with Crippen LogP contribution in [0.5, 0.6) is 5.75 Å². The monoisotopic (exact) mass is 371 g/mol. The summed E-state index contributed by atoms with van der Waals surface area (Å²) in [6.45, 7) is 1.48. The Morgan fingerprint density at radius 2 is 1.92 bits per heavy atom. The van der Waals surface area contributed by atoms with Gasteiger partial charge in [0.15, 0.2) is 11.5 Å². The van der Waals surface area contributed by atoms with E-state index in [1.54, 1.807) is 41.3 Å². The second-order valence-electron chi connectivity index (χ2n) is 6.50. The van der Waals surface area contributed by atoms with Crippen LogP contribution in [0.25, 0.3) is 6.08 Å². The fraction of sp³-hybridized carbons (Fsp3) is 0.250. The highest BCUT2D eigenvalue weighted by molar-refractivity contribution is 6.30. The minimum Gasteiger partial charge on any atom is -0.449 e. The molecule has 2 N–H and O–H groups in total. The summed E-state index contributed by atoms with van der Waals surface area (Å²) in [7, 11) is 4.03. The predicted molar refractivity (Wildman–Crippen MR) is 106 cm³/mol. The SMILES string of the molecule is CN(C)CCCN1C(=O)/C(=C\c2ccc(Cl)cc2)Oc2ccc(N)cc21. The van der Waals surface area contributed by atoms with E-state index in [2.05, 4.69) is 4.90 Å². The molecule has 0 aromatic heterocycles. The summed E-state index contributed by atoms with van der Waals surface area (Å²) in [6, 6.07) is 12.6. The average Bonchev–Trinajstić information content (AvgIpc) is 2.60. The molecule has 1 aliphatic rings. The van der Waals surface area contributed by atoms with E-state index < -0.39 is 0 Å². The van der Waals surface area contributed by atoms with E-state index in [9.17, 15) is 4.79 Å². The maximum Gasteiger partial charge on any atom is 0.294 e. The molecule has 2 aromatic rings. The zero-order valence-electron chi connectivity index (χ0n) is 14.9. The zero-order chi connectivity index (χ0) is 18.7. The lowest BCUT2D eigenvalue weighted by Crippen LogP contribution is -2.39. The number of benzene rings is 2. The van der Waals surface area contributed by atoms with Crippen LogP contribution in [0, 0.1) is 0 Å². The van der Waals surface area contributed by atoms with Crippen LogP contribution in [0.1, 0.15) is 12.0 Å². The van der Waals surface area contributed by atoms with Gasteiger partial charge in [0, 0.05) is 17.3 Å². The normalized spacial score (nSPS) is 15.3.